The normalized spacial score (nSPS) is 25.3. The van der Waals surface area contributed by atoms with E-state index in [0.717, 1.165) is 18.5 Å². The summed E-state index contributed by atoms with van der Waals surface area (Å²) in [5.74, 6) is -1.41. The lowest BCUT2D eigenvalue weighted by atomic mass is 9.81. The second kappa shape index (κ2) is 8.72. The van der Waals surface area contributed by atoms with Gasteiger partial charge in [0.2, 0.25) is 9.84 Å². The van der Waals surface area contributed by atoms with Crippen molar-refractivity contribution in [1.82, 2.24) is 5.48 Å². The SMILES string of the molecule is O=C(NOC(F)(C1CCN(c2ccccc2)CC1C1CC1)S(=O)(=O)C1CC1)c1ccccc1. The second-order valence-electron chi connectivity index (χ2n) is 9.40. The Morgan fingerprint density at radius 2 is 1.61 bits per heavy atom. The number of hydrogen-bond acceptors (Lipinski definition) is 5. The van der Waals surface area contributed by atoms with Crippen LogP contribution >= 0.6 is 0 Å². The molecule has 3 fully saturated rings. The molecule has 0 radical (unpaired) electrons. The molecule has 5 rings (SSSR count). The number of anilines is 1. The standard InChI is InChI=1S/C25H29FN2O4S/c26-25(33(30,31)21-13-14-21,32-27-24(29)19-7-3-1-4-8-19)23-15-16-28(17-22(23)18-11-12-18)20-9-5-2-6-10-20/h1-10,18,21-23H,11-17H2,(H,27,29). The number of nitrogens with zero attached hydrogens (tertiary/aromatic N) is 1. The van der Waals surface area contributed by atoms with E-state index in [1.54, 1.807) is 30.3 Å². The Bertz CT molecular complexity index is 1090. The van der Waals surface area contributed by atoms with Gasteiger partial charge in [-0.05, 0) is 68.2 Å². The molecule has 2 aliphatic carbocycles. The lowest BCUT2D eigenvalue weighted by Crippen LogP contribution is -2.57. The Labute approximate surface area is 194 Å². The van der Waals surface area contributed by atoms with Gasteiger partial charge < -0.3 is 4.90 Å². The Morgan fingerprint density at radius 1 is 0.970 bits per heavy atom. The first-order chi connectivity index (χ1) is 15.9. The van der Waals surface area contributed by atoms with E-state index in [0.29, 0.717) is 32.4 Å². The molecule has 176 valence electrons. The zero-order valence-electron chi connectivity index (χ0n) is 18.4. The molecule has 3 unspecified atom stereocenters. The molecule has 3 atom stereocenters. The van der Waals surface area contributed by atoms with Gasteiger partial charge in [0.15, 0.2) is 0 Å². The van der Waals surface area contributed by atoms with Gasteiger partial charge in [-0.2, -0.15) is 4.39 Å². The molecule has 3 aliphatic rings. The highest BCUT2D eigenvalue weighted by Gasteiger charge is 2.63. The van der Waals surface area contributed by atoms with Crippen LogP contribution in [0.5, 0.6) is 0 Å². The maximum Gasteiger partial charge on any atom is 0.334 e. The first kappa shape index (κ1) is 22.3. The second-order valence-corrected chi connectivity index (χ2v) is 11.7. The molecule has 2 aromatic rings. The van der Waals surface area contributed by atoms with Crippen molar-refractivity contribution in [3.8, 4) is 0 Å². The van der Waals surface area contributed by atoms with Crippen LogP contribution in [0.2, 0.25) is 0 Å². The summed E-state index contributed by atoms with van der Waals surface area (Å²) in [5.41, 5.74) is 3.47. The average molecular weight is 473 g/mol. The van der Waals surface area contributed by atoms with Gasteiger partial charge in [-0.1, -0.05) is 36.4 Å². The molecule has 6 nitrogen and oxygen atoms in total. The molecule has 1 heterocycles. The molecule has 33 heavy (non-hydrogen) atoms. The fourth-order valence-electron chi connectivity index (χ4n) is 5.00. The van der Waals surface area contributed by atoms with Crippen LogP contribution in [-0.2, 0) is 14.7 Å². The number of hydrogen-bond donors (Lipinski definition) is 1. The van der Waals surface area contributed by atoms with Crippen LogP contribution in [0, 0.1) is 17.8 Å². The van der Waals surface area contributed by atoms with Crippen LogP contribution in [0.25, 0.3) is 0 Å². The molecule has 0 aromatic heterocycles. The van der Waals surface area contributed by atoms with Gasteiger partial charge in [-0.3, -0.25) is 4.79 Å². The molecule has 1 amide bonds. The van der Waals surface area contributed by atoms with E-state index in [9.17, 15) is 13.2 Å². The summed E-state index contributed by atoms with van der Waals surface area (Å²) in [6, 6.07) is 18.2. The summed E-state index contributed by atoms with van der Waals surface area (Å²) in [5, 5.41) is -3.70. The highest BCUT2D eigenvalue weighted by Crippen LogP contribution is 2.52. The van der Waals surface area contributed by atoms with Crippen molar-refractivity contribution in [2.75, 3.05) is 18.0 Å². The fraction of sp³-hybridized carbons (Fsp3) is 0.480. The number of piperidine rings is 1. The van der Waals surface area contributed by atoms with Crippen LogP contribution in [0.4, 0.5) is 10.1 Å². The lowest BCUT2D eigenvalue weighted by Gasteiger charge is -2.44. The van der Waals surface area contributed by atoms with E-state index < -0.39 is 32.1 Å². The first-order valence-electron chi connectivity index (χ1n) is 11.7. The number of benzene rings is 2. The van der Waals surface area contributed by atoms with Gasteiger partial charge in [-0.25, -0.2) is 18.7 Å². The smallest absolute Gasteiger partial charge is 0.334 e. The minimum absolute atomic E-state index is 0.175. The van der Waals surface area contributed by atoms with Crippen LogP contribution in [0.3, 0.4) is 0 Å². The van der Waals surface area contributed by atoms with E-state index in [4.69, 9.17) is 4.84 Å². The van der Waals surface area contributed by atoms with Crippen LogP contribution in [-0.4, -0.2) is 37.9 Å². The number of carbonyl (C=O) groups is 1. The van der Waals surface area contributed by atoms with Crippen LogP contribution < -0.4 is 10.4 Å². The molecule has 2 saturated carbocycles. The Hall–Kier alpha value is -2.45. The van der Waals surface area contributed by atoms with E-state index in [-0.39, 0.29) is 17.4 Å². The highest BCUT2D eigenvalue weighted by atomic mass is 32.2. The molecule has 1 saturated heterocycles. The molecule has 1 aliphatic heterocycles. The summed E-state index contributed by atoms with van der Waals surface area (Å²) in [6.45, 7) is 1.10. The van der Waals surface area contributed by atoms with Gasteiger partial charge in [0.25, 0.3) is 5.91 Å². The largest absolute Gasteiger partial charge is 0.371 e. The van der Waals surface area contributed by atoms with Gasteiger partial charge in [-0.15, -0.1) is 0 Å². The zero-order valence-corrected chi connectivity index (χ0v) is 19.2. The molecule has 1 N–H and O–H groups in total. The molecular weight excluding hydrogens is 443 g/mol. The predicted octanol–water partition coefficient (Wildman–Crippen LogP) is 4.10. The van der Waals surface area contributed by atoms with E-state index in [1.807, 2.05) is 30.3 Å². The summed E-state index contributed by atoms with van der Waals surface area (Å²) in [7, 11) is -4.25. The van der Waals surface area contributed by atoms with Crippen molar-refractivity contribution < 1.29 is 22.4 Å². The minimum atomic E-state index is -4.25. The van der Waals surface area contributed by atoms with Crippen LogP contribution in [0.1, 0.15) is 42.5 Å². The highest BCUT2D eigenvalue weighted by molar-refractivity contribution is 7.93. The number of rotatable bonds is 8. The van der Waals surface area contributed by atoms with Gasteiger partial charge in [0.05, 0.1) is 5.25 Å². The predicted molar refractivity (Wildman–Crippen MR) is 124 cm³/mol. The van der Waals surface area contributed by atoms with E-state index in [1.165, 1.54) is 0 Å². The number of amides is 1. The van der Waals surface area contributed by atoms with Crippen molar-refractivity contribution in [1.29, 1.82) is 0 Å². The van der Waals surface area contributed by atoms with Crippen molar-refractivity contribution in [3.63, 3.8) is 0 Å². The number of alkyl halides is 1. The molecule has 2 aromatic carbocycles. The summed E-state index contributed by atoms with van der Waals surface area (Å²) in [6.07, 6.45) is 3.11. The Kier molecular flexibility index (Phi) is 5.91. The lowest BCUT2D eigenvalue weighted by molar-refractivity contribution is -0.167. The molecule has 8 heteroatoms. The number of para-hydroxylation sites is 1. The van der Waals surface area contributed by atoms with Crippen molar-refractivity contribution in [3.05, 3.63) is 66.2 Å². The summed E-state index contributed by atoms with van der Waals surface area (Å²) >= 11 is 0. The van der Waals surface area contributed by atoms with Crippen LogP contribution in [0.15, 0.2) is 60.7 Å². The Morgan fingerprint density at radius 3 is 2.21 bits per heavy atom. The van der Waals surface area contributed by atoms with Crippen molar-refractivity contribution in [2.24, 2.45) is 17.8 Å². The van der Waals surface area contributed by atoms with Gasteiger partial charge in [0, 0.05) is 30.3 Å². The van der Waals surface area contributed by atoms with Gasteiger partial charge >= 0.3 is 5.19 Å². The monoisotopic (exact) mass is 472 g/mol. The number of sulfone groups is 1. The van der Waals surface area contributed by atoms with E-state index >= 15 is 4.39 Å². The third kappa shape index (κ3) is 4.38. The fourth-order valence-corrected chi connectivity index (χ4v) is 7.08. The third-order valence-corrected chi connectivity index (χ3v) is 9.63. The molecule has 0 spiro atoms. The number of hydroxylamine groups is 1. The number of nitrogens with one attached hydrogen (secondary N) is 1. The van der Waals surface area contributed by atoms with Crippen molar-refractivity contribution in [2.45, 2.75) is 42.5 Å². The topological polar surface area (TPSA) is 75.7 Å². The maximum atomic E-state index is 16.7. The number of carbonyl (C=O) groups excluding carboxylic acids is 1. The average Bonchev–Trinajstić information content (AvgIpc) is 3.75. The maximum absolute atomic E-state index is 16.7. The first-order valence-corrected chi connectivity index (χ1v) is 13.2. The summed E-state index contributed by atoms with van der Waals surface area (Å²) < 4.78 is 43.4. The van der Waals surface area contributed by atoms with Crippen molar-refractivity contribution >= 4 is 21.4 Å². The van der Waals surface area contributed by atoms with E-state index in [2.05, 4.69) is 10.4 Å². The minimum Gasteiger partial charge on any atom is -0.371 e. The molecule has 0 bridgehead atoms. The van der Waals surface area contributed by atoms with Gasteiger partial charge in [0.1, 0.15) is 0 Å². The summed E-state index contributed by atoms with van der Waals surface area (Å²) in [4.78, 5) is 20.1. The third-order valence-electron chi connectivity index (χ3n) is 7.12. The Balaban J connectivity index is 1.41. The quantitative estimate of drug-likeness (QED) is 0.586. The number of halogens is 1. The zero-order chi connectivity index (χ0) is 23.1. The molecular formula is C25H29FN2O4S.